The first-order chi connectivity index (χ1) is 20.1. The van der Waals surface area contributed by atoms with Gasteiger partial charge in [0.2, 0.25) is 10.0 Å². The predicted molar refractivity (Wildman–Crippen MR) is 146 cm³/mol. The van der Waals surface area contributed by atoms with Gasteiger partial charge in [0.05, 0.1) is 10.5 Å². The molecule has 6 rings (SSSR count). The lowest BCUT2D eigenvalue weighted by Crippen LogP contribution is -2.79. The van der Waals surface area contributed by atoms with E-state index >= 15 is 0 Å². The fourth-order valence-electron chi connectivity index (χ4n) is 6.49. The van der Waals surface area contributed by atoms with Gasteiger partial charge in [0.1, 0.15) is 22.9 Å². The topological polar surface area (TPSA) is 105 Å². The number of halogens is 7. The van der Waals surface area contributed by atoms with Crippen molar-refractivity contribution in [3.63, 3.8) is 0 Å². The highest BCUT2D eigenvalue weighted by Gasteiger charge is 2.75. The summed E-state index contributed by atoms with van der Waals surface area (Å²) in [7, 11) is -4.25. The molecule has 15 heteroatoms. The fourth-order valence-corrected chi connectivity index (χ4v) is 8.25. The number of nitrogens with two attached hydrogens (primary N) is 1. The summed E-state index contributed by atoms with van der Waals surface area (Å²) in [6.07, 6.45) is -10.1. The van der Waals surface area contributed by atoms with E-state index in [4.69, 9.17) is 5.73 Å². The van der Waals surface area contributed by atoms with Crippen molar-refractivity contribution in [1.29, 1.82) is 0 Å². The number of ketones is 1. The van der Waals surface area contributed by atoms with E-state index < -0.39 is 74.5 Å². The second-order valence-electron chi connectivity index (χ2n) is 12.4. The molecule has 3 fully saturated rings. The number of carbonyl (C=O) groups excluding carboxylic acids is 1. The van der Waals surface area contributed by atoms with Gasteiger partial charge >= 0.3 is 12.4 Å². The highest BCUT2D eigenvalue weighted by Crippen LogP contribution is 2.71. The van der Waals surface area contributed by atoms with Gasteiger partial charge in [0, 0.05) is 30.3 Å². The maximum absolute atomic E-state index is 13.9. The molecule has 3 N–H and O–H groups in total. The number of alkyl halides is 6. The van der Waals surface area contributed by atoms with Crippen molar-refractivity contribution < 1.29 is 43.9 Å². The summed E-state index contributed by atoms with van der Waals surface area (Å²) < 4.78 is 120. The lowest BCUT2D eigenvalue weighted by Gasteiger charge is -2.73. The summed E-state index contributed by atoms with van der Waals surface area (Å²) in [5.74, 6) is -0.812. The number of sulfonamides is 1. The number of rotatable bonds is 10. The standard InChI is InChI=1S/C29H31F7N4O3S/c1-24(22(41)4-3-13-28(31,32)33)25(2,37)39-23(38-24)26-15-27(16-26,17-26)40(44(42,43)21-11-9-20(30)10-12-21)14-18-5-7-19(8-6-18)29(34,35)36/h5-12H,3-4,13-17,37H2,1-2H3,(H,38,39)/t24-,25?,26?,27?/m0/s1. The van der Waals surface area contributed by atoms with Gasteiger partial charge in [-0.25, -0.2) is 17.8 Å². The van der Waals surface area contributed by atoms with Crippen LogP contribution >= 0.6 is 0 Å². The Morgan fingerprint density at radius 3 is 2.07 bits per heavy atom. The molecular formula is C29H31F7N4O3S. The van der Waals surface area contributed by atoms with Gasteiger partial charge in [-0.3, -0.25) is 4.79 Å². The van der Waals surface area contributed by atoms with E-state index in [1.165, 1.54) is 30.3 Å². The lowest BCUT2D eigenvalue weighted by molar-refractivity contribution is -0.151. The zero-order chi connectivity index (χ0) is 32.6. The Hall–Kier alpha value is -3.04. The Bertz CT molecular complexity index is 1570. The number of benzene rings is 2. The molecule has 2 bridgehead atoms. The largest absolute Gasteiger partial charge is 0.416 e. The molecule has 0 aromatic heterocycles. The van der Waals surface area contributed by atoms with Gasteiger partial charge in [-0.05, 0) is 81.5 Å². The third-order valence-electron chi connectivity index (χ3n) is 9.19. The zero-order valence-electron chi connectivity index (χ0n) is 23.8. The number of nitrogens with one attached hydrogen (secondary N) is 1. The minimum absolute atomic E-state index is 0.188. The van der Waals surface area contributed by atoms with E-state index in [1.54, 1.807) is 0 Å². The average Bonchev–Trinajstić information content (AvgIpc) is 3.10. The molecule has 1 unspecified atom stereocenters. The van der Waals surface area contributed by atoms with E-state index in [2.05, 4.69) is 10.3 Å². The van der Waals surface area contributed by atoms with Crippen molar-refractivity contribution in [1.82, 2.24) is 9.62 Å². The summed E-state index contributed by atoms with van der Waals surface area (Å²) >= 11 is 0. The summed E-state index contributed by atoms with van der Waals surface area (Å²) in [6.45, 7) is 2.72. The van der Waals surface area contributed by atoms with Gasteiger partial charge in [-0.15, -0.1) is 0 Å². The molecule has 3 saturated carbocycles. The first-order valence-corrected chi connectivity index (χ1v) is 15.3. The number of nitrogens with zero attached hydrogens (tertiary/aromatic N) is 2. The van der Waals surface area contributed by atoms with Gasteiger partial charge in [0.25, 0.3) is 0 Å². The molecule has 2 aromatic carbocycles. The van der Waals surface area contributed by atoms with Gasteiger partial charge in [-0.2, -0.15) is 30.6 Å². The molecule has 0 saturated heterocycles. The fraction of sp³-hybridized carbons (Fsp3) is 0.517. The van der Waals surface area contributed by atoms with Crippen LogP contribution in [-0.4, -0.2) is 47.3 Å². The third-order valence-corrected chi connectivity index (χ3v) is 11.2. The third kappa shape index (κ3) is 5.51. The average molecular weight is 649 g/mol. The minimum atomic E-state index is -4.57. The molecular weight excluding hydrogens is 617 g/mol. The van der Waals surface area contributed by atoms with Crippen LogP contribution in [0.3, 0.4) is 0 Å². The molecule has 0 radical (unpaired) electrons. The molecule has 240 valence electrons. The molecule has 3 aliphatic carbocycles. The lowest BCUT2D eigenvalue weighted by atomic mass is 9.38. The summed E-state index contributed by atoms with van der Waals surface area (Å²) in [6, 6.07) is 8.37. The Labute approximate surface area is 249 Å². The molecule has 0 spiro atoms. The van der Waals surface area contributed by atoms with Crippen molar-refractivity contribution in [3.8, 4) is 0 Å². The summed E-state index contributed by atoms with van der Waals surface area (Å²) in [5.41, 5.74) is 1.21. The van der Waals surface area contributed by atoms with Crippen molar-refractivity contribution in [2.75, 3.05) is 0 Å². The van der Waals surface area contributed by atoms with Gasteiger partial charge in [-0.1, -0.05) is 12.1 Å². The maximum Gasteiger partial charge on any atom is 0.416 e. The van der Waals surface area contributed by atoms with E-state index in [0.717, 1.165) is 36.4 Å². The molecule has 2 atom stereocenters. The van der Waals surface area contributed by atoms with Crippen LogP contribution in [0, 0.1) is 11.2 Å². The number of carbonyl (C=O) groups is 1. The zero-order valence-corrected chi connectivity index (χ0v) is 24.6. The molecule has 0 amide bonds. The highest BCUT2D eigenvalue weighted by atomic mass is 32.2. The van der Waals surface area contributed by atoms with Crippen LogP contribution < -0.4 is 11.1 Å². The molecule has 44 heavy (non-hydrogen) atoms. The Kier molecular flexibility index (Phi) is 7.53. The van der Waals surface area contributed by atoms with E-state index in [-0.39, 0.29) is 37.1 Å². The van der Waals surface area contributed by atoms with Crippen LogP contribution in [0.25, 0.3) is 0 Å². The summed E-state index contributed by atoms with van der Waals surface area (Å²) in [4.78, 5) is 17.4. The van der Waals surface area contributed by atoms with Crippen molar-refractivity contribution in [2.45, 2.75) is 92.9 Å². The van der Waals surface area contributed by atoms with E-state index in [1.807, 2.05) is 0 Å². The normalized spacial score (nSPS) is 29.9. The predicted octanol–water partition coefficient (Wildman–Crippen LogP) is 5.70. The highest BCUT2D eigenvalue weighted by molar-refractivity contribution is 7.89. The molecule has 1 aliphatic heterocycles. The molecule has 2 aromatic rings. The van der Waals surface area contributed by atoms with E-state index in [0.29, 0.717) is 11.4 Å². The number of Topliss-reactive ketones (excluding diaryl/α,β-unsaturated/α-hetero) is 1. The molecule has 1 heterocycles. The second kappa shape index (κ2) is 10.2. The number of hydrogen-bond donors (Lipinski definition) is 2. The quantitative estimate of drug-likeness (QED) is 0.322. The first kappa shape index (κ1) is 32.4. The van der Waals surface area contributed by atoms with Crippen LogP contribution in [0.5, 0.6) is 0 Å². The smallest absolute Gasteiger partial charge is 0.358 e. The van der Waals surface area contributed by atoms with E-state index in [9.17, 15) is 43.9 Å². The van der Waals surface area contributed by atoms with Crippen molar-refractivity contribution in [2.24, 2.45) is 16.1 Å². The minimum Gasteiger partial charge on any atom is -0.358 e. The maximum atomic E-state index is 13.9. The SMILES string of the molecule is CC1(N)N=C(C23CC(N(Cc4ccc(C(F)(F)F)cc4)S(=O)(=O)c4ccc(F)cc4)(C2)C3)N[C@@]1(C)C(=O)CCCC(F)(F)F. The van der Waals surface area contributed by atoms with Crippen molar-refractivity contribution >= 4 is 21.6 Å². The van der Waals surface area contributed by atoms with Crippen LogP contribution in [0.2, 0.25) is 0 Å². The van der Waals surface area contributed by atoms with Gasteiger partial charge in [0.15, 0.2) is 5.78 Å². The number of aliphatic imine (C=N–C) groups is 1. The second-order valence-corrected chi connectivity index (χ2v) is 14.3. The first-order valence-electron chi connectivity index (χ1n) is 13.8. The van der Waals surface area contributed by atoms with Crippen LogP contribution in [0.4, 0.5) is 30.7 Å². The van der Waals surface area contributed by atoms with Crippen LogP contribution in [0.15, 0.2) is 58.4 Å². The van der Waals surface area contributed by atoms with Crippen LogP contribution in [-0.2, 0) is 27.5 Å². The Morgan fingerprint density at radius 2 is 1.55 bits per heavy atom. The summed E-state index contributed by atoms with van der Waals surface area (Å²) in [5, 5.41) is 3.07. The Balaban J connectivity index is 1.37. The molecule has 7 nitrogen and oxygen atoms in total. The van der Waals surface area contributed by atoms with Gasteiger partial charge < -0.3 is 11.1 Å². The van der Waals surface area contributed by atoms with Crippen molar-refractivity contribution in [3.05, 3.63) is 65.5 Å². The number of amidine groups is 1. The van der Waals surface area contributed by atoms with Crippen LogP contribution in [0.1, 0.15) is 63.5 Å². The molecule has 4 aliphatic rings. The number of hydrogen-bond acceptors (Lipinski definition) is 6. The monoisotopic (exact) mass is 648 g/mol. The Morgan fingerprint density at radius 1 is 0.977 bits per heavy atom.